The second-order valence-corrected chi connectivity index (χ2v) is 5.55. The molecule has 23 heavy (non-hydrogen) atoms. The lowest BCUT2D eigenvalue weighted by atomic mass is 10.1. The lowest BCUT2D eigenvalue weighted by molar-refractivity contribution is -0.136. The first-order valence-corrected chi connectivity index (χ1v) is 7.37. The summed E-state index contributed by atoms with van der Waals surface area (Å²) in [6, 6.07) is 7.39. The molecule has 1 aromatic carbocycles. The zero-order valence-electron chi connectivity index (χ0n) is 12.2. The maximum atomic E-state index is 10.7. The molecule has 1 fully saturated rings. The van der Waals surface area contributed by atoms with Gasteiger partial charge in [0.05, 0.1) is 12.7 Å². The largest absolute Gasteiger partial charge is 0.481 e. The molecule has 1 aliphatic carbocycles. The number of carboxylic acid groups (broad SMARTS) is 1. The minimum Gasteiger partial charge on any atom is -0.481 e. The van der Waals surface area contributed by atoms with Crippen LogP contribution in [-0.2, 0) is 11.2 Å². The van der Waals surface area contributed by atoms with E-state index < -0.39 is 5.97 Å². The van der Waals surface area contributed by atoms with Crippen molar-refractivity contribution in [3.05, 3.63) is 42.5 Å². The van der Waals surface area contributed by atoms with Crippen LogP contribution in [-0.4, -0.2) is 30.6 Å². The number of rotatable bonds is 5. The fourth-order valence-electron chi connectivity index (χ4n) is 2.49. The van der Waals surface area contributed by atoms with Gasteiger partial charge in [-0.05, 0) is 30.5 Å². The van der Waals surface area contributed by atoms with Gasteiger partial charge in [-0.3, -0.25) is 4.79 Å². The summed E-state index contributed by atoms with van der Waals surface area (Å²) >= 11 is 0. The van der Waals surface area contributed by atoms with Crippen molar-refractivity contribution in [2.75, 3.05) is 0 Å². The summed E-state index contributed by atoms with van der Waals surface area (Å²) in [4.78, 5) is 23.5. The number of hydrogen-bond acceptors (Lipinski definition) is 5. The van der Waals surface area contributed by atoms with E-state index in [-0.39, 0.29) is 6.42 Å². The zero-order chi connectivity index (χ0) is 15.8. The molecule has 0 amide bonds. The second-order valence-electron chi connectivity index (χ2n) is 5.55. The third-order valence-corrected chi connectivity index (χ3v) is 3.76. The summed E-state index contributed by atoms with van der Waals surface area (Å²) < 4.78 is 7.85. The molecule has 1 N–H and O–H groups in total. The first-order valence-electron chi connectivity index (χ1n) is 7.37. The van der Waals surface area contributed by atoms with Gasteiger partial charge in [-0.2, -0.15) is 4.98 Å². The highest BCUT2D eigenvalue weighted by Crippen LogP contribution is 2.37. The first-order chi connectivity index (χ1) is 11.2. The van der Waals surface area contributed by atoms with Crippen molar-refractivity contribution in [2.45, 2.75) is 25.3 Å². The maximum Gasteiger partial charge on any atom is 0.307 e. The van der Waals surface area contributed by atoms with Gasteiger partial charge in [0, 0.05) is 6.04 Å². The van der Waals surface area contributed by atoms with E-state index in [1.54, 1.807) is 30.6 Å². The van der Waals surface area contributed by atoms with Crippen LogP contribution in [0.4, 0.5) is 0 Å². The summed E-state index contributed by atoms with van der Waals surface area (Å²) in [5.41, 5.74) is 2.13. The number of fused-ring (bicyclic) bond motifs is 1. The number of hydrogen-bond donors (Lipinski definition) is 1. The molecule has 116 valence electrons. The predicted molar refractivity (Wildman–Crippen MR) is 81.4 cm³/mol. The van der Waals surface area contributed by atoms with Gasteiger partial charge in [0.1, 0.15) is 12.1 Å². The Bertz CT molecular complexity index is 869. The van der Waals surface area contributed by atoms with Crippen molar-refractivity contribution in [3.8, 4) is 11.6 Å². The van der Waals surface area contributed by atoms with Gasteiger partial charge in [0.25, 0.3) is 5.88 Å². The molecule has 0 unspecified atom stereocenters. The molecule has 0 bridgehead atoms. The smallest absolute Gasteiger partial charge is 0.307 e. The molecule has 0 atom stereocenters. The molecule has 0 saturated heterocycles. The van der Waals surface area contributed by atoms with Gasteiger partial charge >= 0.3 is 5.97 Å². The highest BCUT2D eigenvalue weighted by molar-refractivity contribution is 5.76. The van der Waals surface area contributed by atoms with E-state index in [0.29, 0.717) is 23.2 Å². The monoisotopic (exact) mass is 310 g/mol. The Balaban J connectivity index is 1.61. The Labute approximate surface area is 131 Å². The zero-order valence-corrected chi connectivity index (χ0v) is 12.2. The van der Waals surface area contributed by atoms with Gasteiger partial charge in [0.15, 0.2) is 11.2 Å². The molecule has 1 saturated carbocycles. The maximum absolute atomic E-state index is 10.7. The average Bonchev–Trinajstić information content (AvgIpc) is 3.28. The highest BCUT2D eigenvalue weighted by Gasteiger charge is 2.26. The van der Waals surface area contributed by atoms with E-state index in [9.17, 15) is 4.79 Å². The molecule has 1 aliphatic rings. The van der Waals surface area contributed by atoms with E-state index in [4.69, 9.17) is 9.84 Å². The summed E-state index contributed by atoms with van der Waals surface area (Å²) in [5.74, 6) is 0.127. The molecule has 3 aromatic rings. The molecule has 0 radical (unpaired) electrons. The summed E-state index contributed by atoms with van der Waals surface area (Å²) in [5, 5.41) is 8.78. The first kappa shape index (κ1) is 13.7. The quantitative estimate of drug-likeness (QED) is 0.779. The number of carboxylic acids is 1. The third-order valence-electron chi connectivity index (χ3n) is 3.76. The van der Waals surface area contributed by atoms with Crippen LogP contribution in [0.2, 0.25) is 0 Å². The van der Waals surface area contributed by atoms with Crippen molar-refractivity contribution in [1.29, 1.82) is 0 Å². The summed E-state index contributed by atoms with van der Waals surface area (Å²) in [6.07, 6.45) is 5.54. The van der Waals surface area contributed by atoms with E-state index in [0.717, 1.165) is 24.1 Å². The minimum absolute atomic E-state index is 0.0101. The molecule has 7 heteroatoms. The Morgan fingerprint density at radius 1 is 1.22 bits per heavy atom. The van der Waals surface area contributed by atoms with Crippen LogP contribution in [0.3, 0.4) is 0 Å². The Morgan fingerprint density at radius 2 is 2.00 bits per heavy atom. The fourth-order valence-corrected chi connectivity index (χ4v) is 2.49. The predicted octanol–water partition coefficient (Wildman–Crippen LogP) is 2.58. The van der Waals surface area contributed by atoms with Crippen LogP contribution in [0.25, 0.3) is 11.2 Å². The molecule has 4 rings (SSSR count). The van der Waals surface area contributed by atoms with Crippen LogP contribution in [0.15, 0.2) is 36.9 Å². The molecule has 0 spiro atoms. The van der Waals surface area contributed by atoms with Crippen molar-refractivity contribution in [3.63, 3.8) is 0 Å². The van der Waals surface area contributed by atoms with Gasteiger partial charge in [0.2, 0.25) is 0 Å². The third kappa shape index (κ3) is 2.73. The van der Waals surface area contributed by atoms with Crippen LogP contribution in [0.1, 0.15) is 24.4 Å². The number of imidazole rings is 1. The number of benzene rings is 1. The van der Waals surface area contributed by atoms with Gasteiger partial charge in [-0.25, -0.2) is 9.97 Å². The van der Waals surface area contributed by atoms with E-state index in [2.05, 4.69) is 19.5 Å². The van der Waals surface area contributed by atoms with E-state index in [1.165, 1.54) is 6.33 Å². The summed E-state index contributed by atoms with van der Waals surface area (Å²) in [6.45, 7) is 0. The van der Waals surface area contributed by atoms with Gasteiger partial charge < -0.3 is 14.4 Å². The summed E-state index contributed by atoms with van der Waals surface area (Å²) in [7, 11) is 0. The Hall–Kier alpha value is -2.96. The Kier molecular flexibility index (Phi) is 3.18. The van der Waals surface area contributed by atoms with Crippen LogP contribution in [0.5, 0.6) is 11.6 Å². The van der Waals surface area contributed by atoms with E-state index >= 15 is 0 Å². The lowest BCUT2D eigenvalue weighted by Crippen LogP contribution is -1.99. The number of carbonyl (C=O) groups is 1. The minimum atomic E-state index is -0.859. The molecular formula is C16H14N4O3. The number of aliphatic carboxylic acids is 1. The normalized spacial score (nSPS) is 14.1. The molecule has 2 aromatic heterocycles. The van der Waals surface area contributed by atoms with Crippen LogP contribution < -0.4 is 4.74 Å². The number of ether oxygens (including phenoxy) is 1. The van der Waals surface area contributed by atoms with Crippen LogP contribution >= 0.6 is 0 Å². The fraction of sp³-hybridized carbons (Fsp3) is 0.250. The van der Waals surface area contributed by atoms with Crippen molar-refractivity contribution in [1.82, 2.24) is 19.5 Å². The van der Waals surface area contributed by atoms with Crippen molar-refractivity contribution >= 4 is 17.1 Å². The van der Waals surface area contributed by atoms with E-state index in [1.807, 2.05) is 0 Å². The highest BCUT2D eigenvalue weighted by atomic mass is 16.5. The standard InChI is InChI=1S/C16H14N4O3/c21-13(22)7-10-1-5-12(6-2-10)23-16-14-15(17-8-18-16)20(9-19-14)11-3-4-11/h1-2,5-6,8-9,11H,3-4,7H2,(H,21,22). The van der Waals surface area contributed by atoms with Crippen molar-refractivity contribution in [2.24, 2.45) is 0 Å². The average molecular weight is 310 g/mol. The Morgan fingerprint density at radius 3 is 2.70 bits per heavy atom. The SMILES string of the molecule is O=C(O)Cc1ccc(Oc2ncnc3c2ncn3C2CC2)cc1. The van der Waals surface area contributed by atoms with Gasteiger partial charge in [-0.1, -0.05) is 12.1 Å². The topological polar surface area (TPSA) is 90.1 Å². The lowest BCUT2D eigenvalue weighted by Gasteiger charge is -2.06. The molecular weight excluding hydrogens is 296 g/mol. The van der Waals surface area contributed by atoms with Crippen molar-refractivity contribution < 1.29 is 14.6 Å². The number of nitrogens with zero attached hydrogens (tertiary/aromatic N) is 4. The second kappa shape index (κ2) is 5.35. The molecule has 0 aliphatic heterocycles. The van der Waals surface area contributed by atoms with Gasteiger partial charge in [-0.15, -0.1) is 0 Å². The molecule has 2 heterocycles. The van der Waals surface area contributed by atoms with Crippen LogP contribution in [0, 0.1) is 0 Å². The number of aromatic nitrogens is 4. The molecule has 7 nitrogen and oxygen atoms in total.